The first-order valence-corrected chi connectivity index (χ1v) is 3.58. The van der Waals surface area contributed by atoms with E-state index in [1.165, 1.54) is 6.20 Å². The molecule has 76 valence electrons. The van der Waals surface area contributed by atoms with E-state index in [9.17, 15) is 18.0 Å². The third kappa shape index (κ3) is 2.05. The Bertz CT molecular complexity index is 350. The van der Waals surface area contributed by atoms with Gasteiger partial charge in [-0.2, -0.15) is 13.2 Å². The van der Waals surface area contributed by atoms with Crippen molar-refractivity contribution in [3.8, 4) is 0 Å². The standard InChI is InChI=1S/C7H6F3N3O/c8-7(9,10)6(14)5-4(3-11)12-1-2-13-5/h1-2H,3,11H2. The summed E-state index contributed by atoms with van der Waals surface area (Å²) in [4.78, 5) is 17.6. The van der Waals surface area contributed by atoms with E-state index in [-0.39, 0.29) is 12.2 Å². The van der Waals surface area contributed by atoms with Crippen molar-refractivity contribution in [1.29, 1.82) is 0 Å². The van der Waals surface area contributed by atoms with E-state index >= 15 is 0 Å². The number of nitrogens with two attached hydrogens (primary N) is 1. The number of carbonyl (C=O) groups is 1. The normalized spacial score (nSPS) is 11.4. The van der Waals surface area contributed by atoms with Crippen LogP contribution in [0.15, 0.2) is 12.4 Å². The molecule has 7 heteroatoms. The maximum absolute atomic E-state index is 12.0. The summed E-state index contributed by atoms with van der Waals surface area (Å²) in [5, 5.41) is 0. The molecule has 4 nitrogen and oxygen atoms in total. The zero-order valence-electron chi connectivity index (χ0n) is 6.88. The highest BCUT2D eigenvalue weighted by Gasteiger charge is 2.41. The molecule has 0 aromatic carbocycles. The molecule has 0 atom stereocenters. The minimum atomic E-state index is -4.94. The van der Waals surface area contributed by atoms with Crippen molar-refractivity contribution < 1.29 is 18.0 Å². The third-order valence-corrected chi connectivity index (χ3v) is 1.44. The molecule has 0 spiro atoms. The SMILES string of the molecule is NCc1nccnc1C(=O)C(F)(F)F. The molecular formula is C7H6F3N3O. The first-order chi connectivity index (χ1) is 6.46. The number of hydrogen-bond acceptors (Lipinski definition) is 4. The van der Waals surface area contributed by atoms with E-state index in [4.69, 9.17) is 5.73 Å². The van der Waals surface area contributed by atoms with E-state index in [1.807, 2.05) is 0 Å². The van der Waals surface area contributed by atoms with Crippen LogP contribution >= 0.6 is 0 Å². The minimum Gasteiger partial charge on any atom is -0.325 e. The van der Waals surface area contributed by atoms with Gasteiger partial charge < -0.3 is 5.73 Å². The summed E-state index contributed by atoms with van der Waals surface area (Å²) in [5.74, 6) is -2.02. The summed E-state index contributed by atoms with van der Waals surface area (Å²) in [6.45, 7) is -0.259. The number of hydrogen-bond donors (Lipinski definition) is 1. The topological polar surface area (TPSA) is 68.9 Å². The van der Waals surface area contributed by atoms with Crippen LogP contribution < -0.4 is 5.73 Å². The number of ketones is 1. The number of rotatable bonds is 2. The molecule has 0 saturated heterocycles. The summed E-state index contributed by atoms with van der Waals surface area (Å²) in [7, 11) is 0. The van der Waals surface area contributed by atoms with Crippen molar-refractivity contribution in [2.45, 2.75) is 12.7 Å². The molecule has 1 aromatic heterocycles. The van der Waals surface area contributed by atoms with Gasteiger partial charge >= 0.3 is 6.18 Å². The van der Waals surface area contributed by atoms with Crippen molar-refractivity contribution in [3.05, 3.63) is 23.8 Å². The van der Waals surface area contributed by atoms with Gasteiger partial charge in [0.1, 0.15) is 5.69 Å². The predicted molar refractivity (Wildman–Crippen MR) is 40.3 cm³/mol. The Morgan fingerprint density at radius 3 is 2.43 bits per heavy atom. The van der Waals surface area contributed by atoms with Gasteiger partial charge in [0.25, 0.3) is 5.78 Å². The zero-order valence-corrected chi connectivity index (χ0v) is 6.88. The molecule has 2 N–H and O–H groups in total. The molecule has 1 rings (SSSR count). The molecule has 0 saturated carbocycles. The van der Waals surface area contributed by atoms with Gasteiger partial charge in [-0.3, -0.25) is 9.78 Å². The van der Waals surface area contributed by atoms with Gasteiger partial charge in [-0.1, -0.05) is 0 Å². The lowest BCUT2D eigenvalue weighted by molar-refractivity contribution is -0.0889. The van der Waals surface area contributed by atoms with E-state index in [0.29, 0.717) is 0 Å². The third-order valence-electron chi connectivity index (χ3n) is 1.44. The second-order valence-electron chi connectivity index (χ2n) is 2.38. The number of Topliss-reactive ketones (excluding diaryl/α,β-unsaturated/α-hetero) is 1. The van der Waals surface area contributed by atoms with E-state index in [2.05, 4.69) is 9.97 Å². The Balaban J connectivity index is 3.13. The highest BCUT2D eigenvalue weighted by Crippen LogP contribution is 2.21. The lowest BCUT2D eigenvalue weighted by Crippen LogP contribution is -2.26. The molecule has 1 aromatic rings. The molecule has 0 bridgehead atoms. The molecule has 0 aliphatic carbocycles. The molecule has 0 aliphatic heterocycles. The molecule has 0 amide bonds. The fourth-order valence-electron chi connectivity index (χ4n) is 0.840. The number of aromatic nitrogens is 2. The van der Waals surface area contributed by atoms with Crippen molar-refractivity contribution in [2.24, 2.45) is 5.73 Å². The highest BCUT2D eigenvalue weighted by atomic mass is 19.4. The lowest BCUT2D eigenvalue weighted by atomic mass is 10.2. The average Bonchev–Trinajstić information content (AvgIpc) is 2.15. The van der Waals surface area contributed by atoms with Crippen LogP contribution in [0.25, 0.3) is 0 Å². The van der Waals surface area contributed by atoms with E-state index in [1.54, 1.807) is 0 Å². The van der Waals surface area contributed by atoms with Crippen LogP contribution in [0.1, 0.15) is 16.2 Å². The Labute approximate surface area is 77.0 Å². The highest BCUT2D eigenvalue weighted by molar-refractivity contribution is 5.99. The first kappa shape index (κ1) is 10.6. The number of alkyl halides is 3. The fraction of sp³-hybridized carbons (Fsp3) is 0.286. The molecule has 0 aliphatic rings. The zero-order chi connectivity index (χ0) is 10.8. The second-order valence-corrected chi connectivity index (χ2v) is 2.38. The fourth-order valence-corrected chi connectivity index (χ4v) is 0.840. The maximum atomic E-state index is 12.0. The van der Waals surface area contributed by atoms with Crippen molar-refractivity contribution in [3.63, 3.8) is 0 Å². The Morgan fingerprint density at radius 2 is 1.93 bits per heavy atom. The van der Waals surface area contributed by atoms with Gasteiger partial charge in [0.2, 0.25) is 0 Å². The van der Waals surface area contributed by atoms with Crippen molar-refractivity contribution in [2.75, 3.05) is 0 Å². The van der Waals surface area contributed by atoms with Gasteiger partial charge in [0.05, 0.1) is 5.69 Å². The summed E-state index contributed by atoms with van der Waals surface area (Å²) < 4.78 is 36.0. The number of nitrogens with zero attached hydrogens (tertiary/aromatic N) is 2. The molecule has 14 heavy (non-hydrogen) atoms. The molecule has 0 radical (unpaired) electrons. The van der Waals surface area contributed by atoms with Crippen LogP contribution in [0.3, 0.4) is 0 Å². The van der Waals surface area contributed by atoms with Gasteiger partial charge in [0.15, 0.2) is 0 Å². The van der Waals surface area contributed by atoms with Crippen molar-refractivity contribution in [1.82, 2.24) is 9.97 Å². The van der Waals surface area contributed by atoms with Crippen LogP contribution in [0.5, 0.6) is 0 Å². The van der Waals surface area contributed by atoms with E-state index < -0.39 is 17.7 Å². The maximum Gasteiger partial charge on any atom is 0.456 e. The molecular weight excluding hydrogens is 199 g/mol. The molecule has 0 fully saturated rings. The second kappa shape index (κ2) is 3.70. The van der Waals surface area contributed by atoms with E-state index in [0.717, 1.165) is 6.20 Å². The van der Waals surface area contributed by atoms with Gasteiger partial charge in [0, 0.05) is 18.9 Å². The number of carbonyl (C=O) groups excluding carboxylic acids is 1. The monoisotopic (exact) mass is 205 g/mol. The Morgan fingerprint density at radius 1 is 1.36 bits per heavy atom. The number of halogens is 3. The molecule has 1 heterocycles. The van der Waals surface area contributed by atoms with Crippen LogP contribution in [-0.4, -0.2) is 21.9 Å². The van der Waals surface area contributed by atoms with Crippen LogP contribution in [0.2, 0.25) is 0 Å². The lowest BCUT2D eigenvalue weighted by Gasteiger charge is -2.06. The largest absolute Gasteiger partial charge is 0.456 e. The van der Waals surface area contributed by atoms with Gasteiger partial charge in [-0.25, -0.2) is 4.98 Å². The van der Waals surface area contributed by atoms with Crippen LogP contribution in [0, 0.1) is 0 Å². The van der Waals surface area contributed by atoms with Crippen LogP contribution in [-0.2, 0) is 6.54 Å². The van der Waals surface area contributed by atoms with Crippen molar-refractivity contribution >= 4 is 5.78 Å². The average molecular weight is 205 g/mol. The Hall–Kier alpha value is -1.50. The predicted octanol–water partition coefficient (Wildman–Crippen LogP) is 0.680. The smallest absolute Gasteiger partial charge is 0.325 e. The first-order valence-electron chi connectivity index (χ1n) is 3.58. The van der Waals surface area contributed by atoms with Crippen LogP contribution in [0.4, 0.5) is 13.2 Å². The molecule has 0 unspecified atom stereocenters. The quantitative estimate of drug-likeness (QED) is 0.721. The summed E-state index contributed by atoms with van der Waals surface area (Å²) in [6.07, 6.45) is -2.76. The Kier molecular flexibility index (Phi) is 2.80. The van der Waals surface area contributed by atoms with Gasteiger partial charge in [-0.15, -0.1) is 0 Å². The van der Waals surface area contributed by atoms with Gasteiger partial charge in [-0.05, 0) is 0 Å². The summed E-state index contributed by atoms with van der Waals surface area (Å²) >= 11 is 0. The minimum absolute atomic E-state index is 0.158. The summed E-state index contributed by atoms with van der Waals surface area (Å²) in [6, 6.07) is 0. The summed E-state index contributed by atoms with van der Waals surface area (Å²) in [5.41, 5.74) is 4.22.